The van der Waals surface area contributed by atoms with Gasteiger partial charge in [0.05, 0.1) is 0 Å². The zero-order valence-electron chi connectivity index (χ0n) is 7.18. The summed E-state index contributed by atoms with van der Waals surface area (Å²) in [6.07, 6.45) is 4.40. The van der Waals surface area contributed by atoms with Gasteiger partial charge in [-0.05, 0) is 29.5 Å². The molecule has 0 saturated carbocycles. The van der Waals surface area contributed by atoms with E-state index in [-0.39, 0.29) is 0 Å². The highest BCUT2D eigenvalue weighted by atomic mass is 35.5. The van der Waals surface area contributed by atoms with E-state index in [0.29, 0.717) is 0 Å². The Morgan fingerprint density at radius 1 is 1.08 bits per heavy atom. The molecule has 0 saturated heterocycles. The maximum absolute atomic E-state index is 6.18. The van der Waals surface area contributed by atoms with Gasteiger partial charge in [0.2, 0.25) is 0 Å². The number of rotatable bonds is 0. The van der Waals surface area contributed by atoms with Gasteiger partial charge in [0.1, 0.15) is 0 Å². The van der Waals surface area contributed by atoms with Gasteiger partial charge in [-0.3, -0.25) is 0 Å². The Morgan fingerprint density at radius 3 is 2.85 bits per heavy atom. The molecule has 1 heteroatoms. The van der Waals surface area contributed by atoms with E-state index in [9.17, 15) is 0 Å². The normalized spacial score (nSPS) is 18.7. The summed E-state index contributed by atoms with van der Waals surface area (Å²) >= 11 is 6.18. The first kappa shape index (κ1) is 7.40. The second kappa shape index (κ2) is 2.49. The summed E-state index contributed by atoms with van der Waals surface area (Å²) in [5, 5.41) is 1.04. The Labute approximate surface area is 82.5 Å². The van der Waals surface area contributed by atoms with Crippen LogP contribution in [-0.2, 0) is 0 Å². The largest absolute Gasteiger partial charge is 0.0885 e. The van der Waals surface area contributed by atoms with Crippen molar-refractivity contribution in [3.8, 4) is 0 Å². The Morgan fingerprint density at radius 2 is 1.92 bits per heavy atom. The summed E-state index contributed by atoms with van der Waals surface area (Å²) in [4.78, 5) is 0. The number of fused-ring (bicyclic) bond motifs is 3. The second-order valence-corrected chi connectivity index (χ2v) is 3.99. The highest BCUT2D eigenvalue weighted by Gasteiger charge is 2.25. The minimum Gasteiger partial charge on any atom is -0.0885 e. The van der Waals surface area contributed by atoms with Crippen LogP contribution in [0.1, 0.15) is 24.0 Å². The van der Waals surface area contributed by atoms with Crippen molar-refractivity contribution in [2.45, 2.75) is 12.8 Å². The fraction of sp³-hybridized carbons (Fsp3) is 0.167. The van der Waals surface area contributed by atoms with E-state index in [1.807, 2.05) is 0 Å². The first-order chi connectivity index (χ1) is 6.36. The molecule has 0 amide bonds. The summed E-state index contributed by atoms with van der Waals surface area (Å²) in [6, 6.07) is 8.45. The van der Waals surface area contributed by atoms with Gasteiger partial charge in [0, 0.05) is 10.6 Å². The molecular weight excluding hydrogens is 180 g/mol. The molecule has 0 heterocycles. The third kappa shape index (κ3) is 0.925. The van der Waals surface area contributed by atoms with Crippen LogP contribution in [0.15, 0.2) is 34.9 Å². The van der Waals surface area contributed by atoms with E-state index in [0.717, 1.165) is 17.9 Å². The lowest BCUT2D eigenvalue weighted by Gasteiger charge is -2.00. The predicted octanol–water partition coefficient (Wildman–Crippen LogP) is 3.83. The maximum atomic E-state index is 6.18. The standard InChI is InChI=1S/C12H9Cl/c13-11-6-5-9-7-8-3-1-2-4-10(8)12(9)11/h1-4,7H,5-6H2. The topological polar surface area (TPSA) is 0 Å². The molecule has 1 aromatic carbocycles. The number of allylic oxidation sites excluding steroid dienone is 3. The Kier molecular flexibility index (Phi) is 1.42. The molecule has 1 aromatic rings. The Balaban J connectivity index is 2.31. The van der Waals surface area contributed by atoms with Crippen LogP contribution in [0.5, 0.6) is 0 Å². The van der Waals surface area contributed by atoms with Crippen molar-refractivity contribution in [1.82, 2.24) is 0 Å². The zero-order valence-corrected chi connectivity index (χ0v) is 7.93. The van der Waals surface area contributed by atoms with Gasteiger partial charge < -0.3 is 0 Å². The molecule has 0 aliphatic heterocycles. The average Bonchev–Trinajstić information content (AvgIpc) is 2.66. The highest BCUT2D eigenvalue weighted by molar-refractivity contribution is 6.34. The summed E-state index contributed by atoms with van der Waals surface area (Å²) in [5.41, 5.74) is 5.37. The smallest absolute Gasteiger partial charge is 0.0265 e. The molecule has 0 atom stereocenters. The van der Waals surface area contributed by atoms with Crippen molar-refractivity contribution in [2.75, 3.05) is 0 Å². The van der Waals surface area contributed by atoms with Crippen LogP contribution in [0.3, 0.4) is 0 Å². The quantitative estimate of drug-likeness (QED) is 0.581. The molecule has 0 nitrogen and oxygen atoms in total. The van der Waals surface area contributed by atoms with E-state index in [2.05, 4.69) is 30.3 Å². The summed E-state index contributed by atoms with van der Waals surface area (Å²) in [7, 11) is 0. The Hall–Kier alpha value is -1.01. The van der Waals surface area contributed by atoms with Gasteiger partial charge in [0.25, 0.3) is 0 Å². The third-order valence-corrected chi connectivity index (χ3v) is 3.14. The molecule has 2 aliphatic rings. The van der Waals surface area contributed by atoms with Gasteiger partial charge in [-0.2, -0.15) is 0 Å². The molecule has 3 rings (SSSR count). The van der Waals surface area contributed by atoms with Gasteiger partial charge in [-0.1, -0.05) is 41.9 Å². The minimum absolute atomic E-state index is 1.02. The SMILES string of the molecule is ClC1=C2C(=Cc3ccccc32)CC1. The first-order valence-corrected chi connectivity index (χ1v) is 4.93. The van der Waals surface area contributed by atoms with Gasteiger partial charge in [0.15, 0.2) is 0 Å². The van der Waals surface area contributed by atoms with Crippen molar-refractivity contribution >= 4 is 23.3 Å². The molecule has 0 unspecified atom stereocenters. The molecule has 0 spiro atoms. The van der Waals surface area contributed by atoms with Crippen LogP contribution >= 0.6 is 11.6 Å². The van der Waals surface area contributed by atoms with Crippen LogP contribution in [0.25, 0.3) is 11.6 Å². The van der Waals surface area contributed by atoms with Gasteiger partial charge >= 0.3 is 0 Å². The zero-order chi connectivity index (χ0) is 8.84. The number of hydrogen-bond donors (Lipinski definition) is 0. The maximum Gasteiger partial charge on any atom is 0.0265 e. The summed E-state index contributed by atoms with van der Waals surface area (Å²) < 4.78 is 0. The van der Waals surface area contributed by atoms with Crippen LogP contribution in [0, 0.1) is 0 Å². The fourth-order valence-electron chi connectivity index (χ4n) is 2.17. The fourth-order valence-corrected chi connectivity index (χ4v) is 2.49. The molecule has 0 radical (unpaired) electrons. The van der Waals surface area contributed by atoms with Crippen LogP contribution in [-0.4, -0.2) is 0 Å². The minimum atomic E-state index is 1.02. The van der Waals surface area contributed by atoms with Crippen molar-refractivity contribution in [2.24, 2.45) is 0 Å². The number of halogens is 1. The van der Waals surface area contributed by atoms with Crippen molar-refractivity contribution in [3.05, 3.63) is 46.0 Å². The number of benzene rings is 1. The number of hydrogen-bond acceptors (Lipinski definition) is 0. The van der Waals surface area contributed by atoms with E-state index < -0.39 is 0 Å². The molecule has 13 heavy (non-hydrogen) atoms. The molecule has 2 aliphatic carbocycles. The summed E-state index contributed by atoms with van der Waals surface area (Å²) in [5.74, 6) is 0. The second-order valence-electron chi connectivity index (χ2n) is 3.54. The lowest BCUT2D eigenvalue weighted by molar-refractivity contribution is 1.06. The van der Waals surface area contributed by atoms with Crippen molar-refractivity contribution < 1.29 is 0 Å². The van der Waals surface area contributed by atoms with E-state index >= 15 is 0 Å². The van der Waals surface area contributed by atoms with Crippen LogP contribution in [0.2, 0.25) is 0 Å². The van der Waals surface area contributed by atoms with Gasteiger partial charge in [-0.15, -0.1) is 0 Å². The first-order valence-electron chi connectivity index (χ1n) is 4.55. The van der Waals surface area contributed by atoms with E-state index in [1.54, 1.807) is 0 Å². The predicted molar refractivity (Wildman–Crippen MR) is 56.4 cm³/mol. The van der Waals surface area contributed by atoms with Crippen LogP contribution in [0.4, 0.5) is 0 Å². The molecular formula is C12H9Cl. The molecule has 0 N–H and O–H groups in total. The highest BCUT2D eigenvalue weighted by Crippen LogP contribution is 2.46. The molecule has 0 bridgehead atoms. The average molecular weight is 189 g/mol. The third-order valence-electron chi connectivity index (χ3n) is 2.77. The van der Waals surface area contributed by atoms with E-state index in [1.165, 1.54) is 22.3 Å². The van der Waals surface area contributed by atoms with Gasteiger partial charge in [-0.25, -0.2) is 0 Å². The Bertz CT molecular complexity index is 438. The lowest BCUT2D eigenvalue weighted by Crippen LogP contribution is -1.80. The molecule has 0 aromatic heterocycles. The van der Waals surface area contributed by atoms with Crippen LogP contribution < -0.4 is 0 Å². The van der Waals surface area contributed by atoms with E-state index in [4.69, 9.17) is 11.6 Å². The molecule has 64 valence electrons. The molecule has 0 fully saturated rings. The summed E-state index contributed by atoms with van der Waals surface area (Å²) in [6.45, 7) is 0. The van der Waals surface area contributed by atoms with Crippen molar-refractivity contribution in [1.29, 1.82) is 0 Å². The monoisotopic (exact) mass is 188 g/mol. The van der Waals surface area contributed by atoms with Crippen molar-refractivity contribution in [3.63, 3.8) is 0 Å². The lowest BCUT2D eigenvalue weighted by atomic mass is 10.1.